The number of aromatic nitrogens is 2. The number of furan rings is 1. The molecule has 5 rings (SSSR count). The lowest BCUT2D eigenvalue weighted by Crippen LogP contribution is -2.27. The second kappa shape index (κ2) is 9.57. The molecule has 0 unspecified atom stereocenters. The number of thiophene rings is 1. The Morgan fingerprint density at radius 3 is 2.88 bits per heavy atom. The van der Waals surface area contributed by atoms with Gasteiger partial charge in [-0.15, -0.1) is 11.3 Å². The number of fused-ring (bicyclic) bond motifs is 3. The Morgan fingerprint density at radius 2 is 2.06 bits per heavy atom. The van der Waals surface area contributed by atoms with Gasteiger partial charge in [0, 0.05) is 11.4 Å². The molecule has 0 saturated carbocycles. The molecule has 33 heavy (non-hydrogen) atoms. The average molecular weight is 480 g/mol. The number of hydrogen-bond donors (Lipinski definition) is 1. The average Bonchev–Trinajstić information content (AvgIpc) is 3.46. The van der Waals surface area contributed by atoms with Crippen LogP contribution < -0.4 is 10.9 Å². The molecule has 3 heterocycles. The van der Waals surface area contributed by atoms with Crippen LogP contribution in [0.3, 0.4) is 0 Å². The lowest BCUT2D eigenvalue weighted by atomic mass is 9.97. The minimum Gasteiger partial charge on any atom is -0.467 e. The van der Waals surface area contributed by atoms with Gasteiger partial charge in [0.05, 0.1) is 23.9 Å². The van der Waals surface area contributed by atoms with Crippen molar-refractivity contribution in [2.24, 2.45) is 0 Å². The largest absolute Gasteiger partial charge is 0.467 e. The predicted molar refractivity (Wildman–Crippen MR) is 132 cm³/mol. The highest BCUT2D eigenvalue weighted by Gasteiger charge is 2.23. The summed E-state index contributed by atoms with van der Waals surface area (Å²) in [5.74, 6) is 0.786. The van der Waals surface area contributed by atoms with Gasteiger partial charge in [-0.2, -0.15) is 0 Å². The third-order valence-corrected chi connectivity index (χ3v) is 8.17. The molecular formula is C25H25N3O3S2. The molecule has 3 aromatic heterocycles. The molecule has 0 atom stereocenters. The molecule has 1 aliphatic rings. The number of thioether (sulfide) groups is 1. The summed E-state index contributed by atoms with van der Waals surface area (Å²) in [6, 6.07) is 11.7. The first-order chi connectivity index (χ1) is 16.1. The monoisotopic (exact) mass is 479 g/mol. The van der Waals surface area contributed by atoms with Crippen molar-refractivity contribution in [2.75, 3.05) is 5.75 Å². The van der Waals surface area contributed by atoms with E-state index >= 15 is 0 Å². The maximum absolute atomic E-state index is 13.6. The van der Waals surface area contributed by atoms with Crippen molar-refractivity contribution in [1.29, 1.82) is 0 Å². The number of carbonyl (C=O) groups excluding carboxylic acids is 1. The van der Waals surface area contributed by atoms with Crippen LogP contribution in [-0.4, -0.2) is 21.2 Å². The molecule has 1 aliphatic carbocycles. The van der Waals surface area contributed by atoms with Gasteiger partial charge in [0.25, 0.3) is 5.56 Å². The van der Waals surface area contributed by atoms with E-state index in [0.717, 1.165) is 47.0 Å². The Kier molecular flexibility index (Phi) is 6.37. The van der Waals surface area contributed by atoms with E-state index in [9.17, 15) is 9.59 Å². The first kappa shape index (κ1) is 22.0. The fourth-order valence-electron chi connectivity index (χ4n) is 4.21. The van der Waals surface area contributed by atoms with Gasteiger partial charge in [-0.3, -0.25) is 14.2 Å². The van der Waals surface area contributed by atoms with E-state index in [1.54, 1.807) is 22.2 Å². The van der Waals surface area contributed by atoms with E-state index in [1.807, 2.05) is 43.3 Å². The molecule has 0 spiro atoms. The van der Waals surface area contributed by atoms with Gasteiger partial charge in [-0.25, -0.2) is 4.98 Å². The number of aryl methyl sites for hydroxylation is 3. The highest BCUT2D eigenvalue weighted by molar-refractivity contribution is 7.99. The first-order valence-corrected chi connectivity index (χ1v) is 12.9. The maximum Gasteiger partial charge on any atom is 0.263 e. The molecule has 8 heteroatoms. The van der Waals surface area contributed by atoms with Gasteiger partial charge in [0.15, 0.2) is 5.16 Å². The van der Waals surface area contributed by atoms with Crippen LogP contribution in [0.25, 0.3) is 10.2 Å². The van der Waals surface area contributed by atoms with Crippen LogP contribution in [0.2, 0.25) is 0 Å². The van der Waals surface area contributed by atoms with Crippen LogP contribution in [0, 0.1) is 6.92 Å². The number of amides is 1. The predicted octanol–water partition coefficient (Wildman–Crippen LogP) is 4.70. The molecule has 1 amide bonds. The smallest absolute Gasteiger partial charge is 0.263 e. The van der Waals surface area contributed by atoms with Crippen molar-refractivity contribution in [3.05, 3.63) is 80.3 Å². The van der Waals surface area contributed by atoms with Gasteiger partial charge in [-0.05, 0) is 61.4 Å². The van der Waals surface area contributed by atoms with Crippen LogP contribution in [0.5, 0.6) is 0 Å². The molecular weight excluding hydrogens is 454 g/mol. The van der Waals surface area contributed by atoms with E-state index in [2.05, 4.69) is 5.32 Å². The topological polar surface area (TPSA) is 77.1 Å². The fourth-order valence-corrected chi connectivity index (χ4v) is 6.34. The van der Waals surface area contributed by atoms with Gasteiger partial charge in [0.2, 0.25) is 5.91 Å². The lowest BCUT2D eigenvalue weighted by molar-refractivity contribution is -0.118. The van der Waals surface area contributed by atoms with E-state index in [4.69, 9.17) is 9.40 Å². The van der Waals surface area contributed by atoms with Gasteiger partial charge >= 0.3 is 0 Å². The van der Waals surface area contributed by atoms with Crippen molar-refractivity contribution >= 4 is 39.2 Å². The number of hydrogen-bond acceptors (Lipinski definition) is 6. The van der Waals surface area contributed by atoms with Crippen molar-refractivity contribution in [3.8, 4) is 0 Å². The number of rotatable bonds is 7. The third kappa shape index (κ3) is 4.63. The fraction of sp³-hybridized carbons (Fsp3) is 0.320. The van der Waals surface area contributed by atoms with Crippen LogP contribution >= 0.6 is 23.1 Å². The van der Waals surface area contributed by atoms with Crippen molar-refractivity contribution < 1.29 is 9.21 Å². The van der Waals surface area contributed by atoms with Crippen molar-refractivity contribution in [2.45, 2.75) is 50.9 Å². The Bertz CT molecular complexity index is 1360. The van der Waals surface area contributed by atoms with Crippen LogP contribution in [0.1, 0.15) is 40.2 Å². The number of benzene rings is 1. The summed E-state index contributed by atoms with van der Waals surface area (Å²) in [7, 11) is 0. The molecule has 4 aromatic rings. The van der Waals surface area contributed by atoms with Crippen molar-refractivity contribution in [3.63, 3.8) is 0 Å². The zero-order chi connectivity index (χ0) is 22.8. The Labute approximate surface area is 200 Å². The minimum atomic E-state index is -0.0902. The molecule has 0 radical (unpaired) electrons. The van der Waals surface area contributed by atoms with E-state index in [-0.39, 0.29) is 17.2 Å². The molecule has 1 N–H and O–H groups in total. The molecule has 1 aromatic carbocycles. The summed E-state index contributed by atoms with van der Waals surface area (Å²) in [6.07, 6.45) is 5.81. The second-order valence-corrected chi connectivity index (χ2v) is 10.3. The van der Waals surface area contributed by atoms with Crippen molar-refractivity contribution in [1.82, 2.24) is 14.9 Å². The standard InChI is InChI=1S/C25H25N3O3S2/c1-16-7-2-3-8-17(16)13-26-21(29)15-32-25-27-23-22(19-10-4-5-11-20(19)33-23)24(30)28(25)14-18-9-6-12-31-18/h2-3,6-9,12H,4-5,10-11,13-15H2,1H3,(H,26,29). The van der Waals surface area contributed by atoms with E-state index < -0.39 is 0 Å². The quantitative estimate of drug-likeness (QED) is 0.307. The molecule has 0 fully saturated rings. The highest BCUT2D eigenvalue weighted by atomic mass is 32.2. The summed E-state index contributed by atoms with van der Waals surface area (Å²) in [5.41, 5.74) is 3.36. The summed E-state index contributed by atoms with van der Waals surface area (Å²) in [4.78, 5) is 33.1. The third-order valence-electron chi connectivity index (χ3n) is 6.00. The Hall–Kier alpha value is -2.84. The van der Waals surface area contributed by atoms with E-state index in [1.165, 1.54) is 22.2 Å². The zero-order valence-electron chi connectivity index (χ0n) is 18.4. The minimum absolute atomic E-state index is 0.0429. The van der Waals surface area contributed by atoms with Crippen LogP contribution in [0.15, 0.2) is 57.0 Å². The molecule has 6 nitrogen and oxygen atoms in total. The Balaban J connectivity index is 1.40. The van der Waals surface area contributed by atoms with Crippen LogP contribution in [-0.2, 0) is 30.7 Å². The van der Waals surface area contributed by atoms with E-state index in [0.29, 0.717) is 24.0 Å². The number of carbonyl (C=O) groups is 1. The molecule has 0 bridgehead atoms. The SMILES string of the molecule is Cc1ccccc1CNC(=O)CSc1nc2sc3c(c2c(=O)n1Cc1ccco1)CCCC3. The highest BCUT2D eigenvalue weighted by Crippen LogP contribution is 2.34. The summed E-state index contributed by atoms with van der Waals surface area (Å²) >= 11 is 2.92. The zero-order valence-corrected chi connectivity index (χ0v) is 20.1. The molecule has 0 saturated heterocycles. The molecule has 0 aliphatic heterocycles. The van der Waals surface area contributed by atoms with Gasteiger partial charge in [0.1, 0.15) is 10.6 Å². The second-order valence-electron chi connectivity index (χ2n) is 8.25. The summed E-state index contributed by atoms with van der Waals surface area (Å²) in [6.45, 7) is 2.81. The van der Waals surface area contributed by atoms with Crippen LogP contribution in [0.4, 0.5) is 0 Å². The number of nitrogens with one attached hydrogen (secondary N) is 1. The van der Waals surface area contributed by atoms with Gasteiger partial charge < -0.3 is 9.73 Å². The Morgan fingerprint density at radius 1 is 1.21 bits per heavy atom. The maximum atomic E-state index is 13.6. The normalized spacial score (nSPS) is 13.2. The first-order valence-electron chi connectivity index (χ1n) is 11.1. The number of nitrogens with zero attached hydrogens (tertiary/aromatic N) is 2. The van der Waals surface area contributed by atoms with Gasteiger partial charge in [-0.1, -0.05) is 36.0 Å². The lowest BCUT2D eigenvalue weighted by Gasteiger charge is -2.13. The summed E-state index contributed by atoms with van der Waals surface area (Å²) in [5, 5.41) is 4.27. The molecule has 170 valence electrons. The summed E-state index contributed by atoms with van der Waals surface area (Å²) < 4.78 is 7.16.